The number of nitriles is 1. The van der Waals surface area contributed by atoms with Crippen LogP contribution in [0.15, 0.2) is 18.2 Å². The first-order valence-corrected chi connectivity index (χ1v) is 7.53. The van der Waals surface area contributed by atoms with Crippen molar-refractivity contribution in [3.8, 4) is 17.6 Å². The number of ether oxygens (including phenoxy) is 2. The number of benzene rings is 1. The number of hydrogen-bond donors (Lipinski definition) is 0. The Balaban J connectivity index is 2.85. The molecule has 1 rings (SSSR count). The quantitative estimate of drug-likeness (QED) is 0.707. The standard InChI is InChI=1S/C15H20BrNO2/c1-4-15(5-2,10-16)11-19-13-7-6-12(9-17)8-14(13)18-3/h6-8H,4-5,10-11H2,1-3H3. The molecule has 104 valence electrons. The molecule has 0 saturated carbocycles. The third kappa shape index (κ3) is 3.87. The van der Waals surface area contributed by atoms with Crippen molar-refractivity contribution in [3.05, 3.63) is 23.8 Å². The van der Waals surface area contributed by atoms with Crippen LogP contribution in [0, 0.1) is 16.7 Å². The smallest absolute Gasteiger partial charge is 0.162 e. The molecule has 0 spiro atoms. The van der Waals surface area contributed by atoms with E-state index in [1.165, 1.54) is 0 Å². The summed E-state index contributed by atoms with van der Waals surface area (Å²) in [6.45, 7) is 4.97. The molecule has 0 fully saturated rings. The number of methoxy groups -OCH3 is 1. The molecule has 0 heterocycles. The summed E-state index contributed by atoms with van der Waals surface area (Å²) in [5.74, 6) is 1.29. The Bertz CT molecular complexity index is 442. The fourth-order valence-corrected chi connectivity index (χ4v) is 2.72. The van der Waals surface area contributed by atoms with Gasteiger partial charge in [-0.25, -0.2) is 0 Å². The monoisotopic (exact) mass is 325 g/mol. The van der Waals surface area contributed by atoms with Gasteiger partial charge in [-0.3, -0.25) is 0 Å². The Kier molecular flexibility index (Phi) is 6.17. The number of hydrogen-bond acceptors (Lipinski definition) is 3. The van der Waals surface area contributed by atoms with Gasteiger partial charge in [0.1, 0.15) is 0 Å². The third-order valence-electron chi connectivity index (χ3n) is 3.61. The van der Waals surface area contributed by atoms with Crippen LogP contribution in [0.2, 0.25) is 0 Å². The first kappa shape index (κ1) is 15.8. The summed E-state index contributed by atoms with van der Waals surface area (Å²) in [5.41, 5.74) is 0.709. The lowest BCUT2D eigenvalue weighted by Crippen LogP contribution is -2.29. The molecule has 0 aromatic heterocycles. The lowest BCUT2D eigenvalue weighted by atomic mass is 9.86. The molecule has 0 amide bonds. The molecule has 0 radical (unpaired) electrons. The maximum atomic E-state index is 8.87. The highest BCUT2D eigenvalue weighted by Crippen LogP contribution is 2.33. The molecule has 0 N–H and O–H groups in total. The van der Waals surface area contributed by atoms with E-state index in [1.54, 1.807) is 25.3 Å². The molecule has 0 aliphatic carbocycles. The second-order valence-electron chi connectivity index (χ2n) is 4.61. The van der Waals surface area contributed by atoms with E-state index in [4.69, 9.17) is 14.7 Å². The van der Waals surface area contributed by atoms with Crippen molar-refractivity contribution in [2.75, 3.05) is 19.0 Å². The Morgan fingerprint density at radius 3 is 2.42 bits per heavy atom. The molecule has 0 atom stereocenters. The average molecular weight is 326 g/mol. The van der Waals surface area contributed by atoms with Crippen LogP contribution in [0.3, 0.4) is 0 Å². The van der Waals surface area contributed by atoms with E-state index in [9.17, 15) is 0 Å². The van der Waals surface area contributed by atoms with Gasteiger partial charge in [-0.15, -0.1) is 0 Å². The Morgan fingerprint density at radius 2 is 1.95 bits per heavy atom. The Hall–Kier alpha value is -1.21. The summed E-state index contributed by atoms with van der Waals surface area (Å²) >= 11 is 3.57. The molecule has 0 bridgehead atoms. The lowest BCUT2D eigenvalue weighted by Gasteiger charge is -2.29. The second-order valence-corrected chi connectivity index (χ2v) is 5.17. The zero-order valence-electron chi connectivity index (χ0n) is 11.7. The van der Waals surface area contributed by atoms with Crippen LogP contribution in [0.4, 0.5) is 0 Å². The summed E-state index contributed by atoms with van der Waals surface area (Å²) in [6.07, 6.45) is 2.10. The molecule has 1 aromatic rings. The molecule has 4 heteroatoms. The highest BCUT2D eigenvalue weighted by molar-refractivity contribution is 9.09. The van der Waals surface area contributed by atoms with Crippen LogP contribution in [0.1, 0.15) is 32.3 Å². The summed E-state index contributed by atoms with van der Waals surface area (Å²) in [6, 6.07) is 7.32. The molecule has 0 aliphatic heterocycles. The van der Waals surface area contributed by atoms with Crippen molar-refractivity contribution in [2.24, 2.45) is 5.41 Å². The molecule has 0 aliphatic rings. The highest BCUT2D eigenvalue weighted by atomic mass is 79.9. The zero-order chi connectivity index (χ0) is 14.3. The van der Waals surface area contributed by atoms with Gasteiger partial charge in [0.15, 0.2) is 11.5 Å². The van der Waals surface area contributed by atoms with Gasteiger partial charge in [0.05, 0.1) is 25.3 Å². The van der Waals surface area contributed by atoms with E-state index in [2.05, 4.69) is 35.8 Å². The second kappa shape index (κ2) is 7.40. The van der Waals surface area contributed by atoms with Crippen molar-refractivity contribution in [1.29, 1.82) is 5.26 Å². The van der Waals surface area contributed by atoms with Gasteiger partial charge in [-0.2, -0.15) is 5.26 Å². The van der Waals surface area contributed by atoms with Crippen molar-refractivity contribution < 1.29 is 9.47 Å². The lowest BCUT2D eigenvalue weighted by molar-refractivity contribution is 0.153. The first-order valence-electron chi connectivity index (χ1n) is 6.41. The van der Waals surface area contributed by atoms with Gasteiger partial charge in [0, 0.05) is 16.8 Å². The van der Waals surface area contributed by atoms with Crippen molar-refractivity contribution in [1.82, 2.24) is 0 Å². The molecule has 3 nitrogen and oxygen atoms in total. The maximum absolute atomic E-state index is 8.87. The van der Waals surface area contributed by atoms with E-state index < -0.39 is 0 Å². The number of rotatable bonds is 7. The zero-order valence-corrected chi connectivity index (χ0v) is 13.3. The minimum absolute atomic E-state index is 0.138. The molecular formula is C15H20BrNO2. The van der Waals surface area contributed by atoms with E-state index in [0.717, 1.165) is 18.2 Å². The Morgan fingerprint density at radius 1 is 1.26 bits per heavy atom. The van der Waals surface area contributed by atoms with Gasteiger partial charge < -0.3 is 9.47 Å². The predicted molar refractivity (Wildman–Crippen MR) is 80.0 cm³/mol. The van der Waals surface area contributed by atoms with E-state index in [-0.39, 0.29) is 5.41 Å². The molecular weight excluding hydrogens is 306 g/mol. The number of alkyl halides is 1. The summed E-state index contributed by atoms with van der Waals surface area (Å²) in [4.78, 5) is 0. The summed E-state index contributed by atoms with van der Waals surface area (Å²) in [7, 11) is 1.58. The van der Waals surface area contributed by atoms with Crippen molar-refractivity contribution >= 4 is 15.9 Å². The van der Waals surface area contributed by atoms with E-state index >= 15 is 0 Å². The molecule has 0 unspecified atom stereocenters. The predicted octanol–water partition coefficient (Wildman–Crippen LogP) is 4.15. The van der Waals surface area contributed by atoms with Crippen LogP contribution in [0.25, 0.3) is 0 Å². The summed E-state index contributed by atoms with van der Waals surface area (Å²) < 4.78 is 11.2. The van der Waals surface area contributed by atoms with Gasteiger partial charge >= 0.3 is 0 Å². The minimum atomic E-state index is 0.138. The normalized spacial score (nSPS) is 10.9. The first-order chi connectivity index (χ1) is 9.14. The highest BCUT2D eigenvalue weighted by Gasteiger charge is 2.26. The molecule has 1 aromatic carbocycles. The average Bonchev–Trinajstić information content (AvgIpc) is 2.49. The topological polar surface area (TPSA) is 42.2 Å². The van der Waals surface area contributed by atoms with Crippen LogP contribution < -0.4 is 9.47 Å². The van der Waals surface area contributed by atoms with E-state index in [1.807, 2.05) is 0 Å². The fraction of sp³-hybridized carbons (Fsp3) is 0.533. The maximum Gasteiger partial charge on any atom is 0.162 e. The fourth-order valence-electron chi connectivity index (χ4n) is 1.77. The molecule has 19 heavy (non-hydrogen) atoms. The number of halogens is 1. The van der Waals surface area contributed by atoms with Crippen LogP contribution in [-0.2, 0) is 0 Å². The van der Waals surface area contributed by atoms with Gasteiger partial charge in [0.2, 0.25) is 0 Å². The van der Waals surface area contributed by atoms with Crippen LogP contribution in [-0.4, -0.2) is 19.0 Å². The number of nitrogens with zero attached hydrogens (tertiary/aromatic N) is 1. The van der Waals surface area contributed by atoms with Crippen molar-refractivity contribution in [2.45, 2.75) is 26.7 Å². The van der Waals surface area contributed by atoms with Gasteiger partial charge in [-0.05, 0) is 25.0 Å². The largest absolute Gasteiger partial charge is 0.493 e. The van der Waals surface area contributed by atoms with Crippen molar-refractivity contribution in [3.63, 3.8) is 0 Å². The molecule has 0 saturated heterocycles. The third-order valence-corrected chi connectivity index (χ3v) is 4.80. The van der Waals surface area contributed by atoms with E-state index in [0.29, 0.717) is 23.7 Å². The SMILES string of the molecule is CCC(CC)(CBr)COc1ccc(C#N)cc1OC. The summed E-state index contributed by atoms with van der Waals surface area (Å²) in [5, 5.41) is 9.78. The van der Waals surface area contributed by atoms with Gasteiger partial charge in [-0.1, -0.05) is 29.8 Å². The van der Waals surface area contributed by atoms with Crippen LogP contribution in [0.5, 0.6) is 11.5 Å². The van der Waals surface area contributed by atoms with Crippen LogP contribution >= 0.6 is 15.9 Å². The minimum Gasteiger partial charge on any atom is -0.493 e. The van der Waals surface area contributed by atoms with Gasteiger partial charge in [0.25, 0.3) is 0 Å². The Labute approximate surface area is 123 Å².